The number of fused-ring (bicyclic) bond motifs is 2. The molecule has 2 heterocycles. The van der Waals surface area contributed by atoms with Gasteiger partial charge in [-0.05, 0) is 29.7 Å². The largest absolute Gasteiger partial charge is 1.00 e. The zero-order chi connectivity index (χ0) is 16.0. The molecule has 4 rings (SSSR count). The number of pyridine rings is 1. The van der Waals surface area contributed by atoms with E-state index in [0.717, 1.165) is 5.02 Å². The van der Waals surface area contributed by atoms with Gasteiger partial charge in [0.15, 0.2) is 6.20 Å². The Morgan fingerprint density at radius 3 is 2.75 bits per heavy atom. The lowest BCUT2D eigenvalue weighted by atomic mass is 10.1. The second-order valence-electron chi connectivity index (χ2n) is 5.65. The molecule has 1 aromatic heterocycles. The minimum absolute atomic E-state index is 0. The van der Waals surface area contributed by atoms with Gasteiger partial charge in [-0.3, -0.25) is 0 Å². The maximum Gasteiger partial charge on any atom is 0.215 e. The van der Waals surface area contributed by atoms with Gasteiger partial charge in [0.1, 0.15) is 7.05 Å². The molecule has 0 N–H and O–H groups in total. The van der Waals surface area contributed by atoms with Crippen molar-refractivity contribution >= 4 is 45.9 Å². The van der Waals surface area contributed by atoms with Crippen LogP contribution in [0.15, 0.2) is 64.7 Å². The van der Waals surface area contributed by atoms with Gasteiger partial charge in [-0.15, -0.1) is 0 Å². The standard InChI is InChI=1S/C19H16ClN2S.HI/c1-21-10-9-13-5-3-4-6-15(13)17(21)12-19-22(2)16-8-7-14(20)11-18(16)23-19;/h3-12H,1-2H3;1H/q+1;/p-1. The molecule has 0 aliphatic carbocycles. The highest BCUT2D eigenvalue weighted by Gasteiger charge is 2.24. The summed E-state index contributed by atoms with van der Waals surface area (Å²) in [7, 11) is 4.19. The van der Waals surface area contributed by atoms with Crippen LogP contribution < -0.4 is 33.4 Å². The number of thioether (sulfide) groups is 1. The van der Waals surface area contributed by atoms with E-state index in [1.54, 1.807) is 11.8 Å². The highest BCUT2D eigenvalue weighted by Crippen LogP contribution is 2.46. The molecule has 24 heavy (non-hydrogen) atoms. The molecule has 1 aliphatic rings. The molecule has 3 aromatic rings. The van der Waals surface area contributed by atoms with Gasteiger partial charge in [-0.1, -0.05) is 41.6 Å². The summed E-state index contributed by atoms with van der Waals surface area (Å²) in [5.74, 6) is 0. The van der Waals surface area contributed by atoms with Crippen LogP contribution in [0.3, 0.4) is 0 Å². The van der Waals surface area contributed by atoms with Crippen LogP contribution in [0.1, 0.15) is 5.69 Å². The molecule has 0 amide bonds. The van der Waals surface area contributed by atoms with Crippen molar-refractivity contribution in [2.24, 2.45) is 7.05 Å². The SMILES string of the molecule is CN1/C(=C/c2c3ccccc3cc[n+]2C)Sc2cc(Cl)ccc21.[I-]. The molecule has 0 fully saturated rings. The van der Waals surface area contributed by atoms with E-state index in [9.17, 15) is 0 Å². The Balaban J connectivity index is 0.00000169. The number of nitrogens with zero attached hydrogens (tertiary/aromatic N) is 2. The van der Waals surface area contributed by atoms with Crippen molar-refractivity contribution < 1.29 is 28.5 Å². The van der Waals surface area contributed by atoms with E-state index in [4.69, 9.17) is 11.6 Å². The second-order valence-corrected chi connectivity index (χ2v) is 7.15. The van der Waals surface area contributed by atoms with E-state index < -0.39 is 0 Å². The maximum absolute atomic E-state index is 6.13. The number of hydrogen-bond acceptors (Lipinski definition) is 2. The Kier molecular flexibility index (Phi) is 5.08. The van der Waals surface area contributed by atoms with Gasteiger partial charge in [-0.2, -0.15) is 0 Å². The normalized spacial score (nSPS) is 14.8. The molecule has 0 unspecified atom stereocenters. The van der Waals surface area contributed by atoms with Crippen molar-refractivity contribution in [2.45, 2.75) is 4.90 Å². The van der Waals surface area contributed by atoms with E-state index in [-0.39, 0.29) is 24.0 Å². The minimum Gasteiger partial charge on any atom is -1.00 e. The summed E-state index contributed by atoms with van der Waals surface area (Å²) in [5, 5.41) is 4.49. The topological polar surface area (TPSA) is 7.12 Å². The average molecular weight is 467 g/mol. The first-order valence-corrected chi connectivity index (χ1v) is 8.63. The number of aryl methyl sites for hydroxylation is 1. The van der Waals surface area contributed by atoms with Crippen LogP contribution in [-0.4, -0.2) is 7.05 Å². The van der Waals surface area contributed by atoms with E-state index >= 15 is 0 Å². The van der Waals surface area contributed by atoms with Crippen LogP contribution in [0.2, 0.25) is 5.02 Å². The molecule has 1 aliphatic heterocycles. The molecule has 0 radical (unpaired) electrons. The lowest BCUT2D eigenvalue weighted by Gasteiger charge is -2.13. The Hall–Kier alpha value is -1.24. The van der Waals surface area contributed by atoms with Crippen molar-refractivity contribution in [2.75, 3.05) is 11.9 Å². The summed E-state index contributed by atoms with van der Waals surface area (Å²) >= 11 is 7.89. The average Bonchev–Trinajstić information content (AvgIpc) is 2.85. The fourth-order valence-corrected chi connectivity index (χ4v) is 4.27. The third kappa shape index (κ3) is 3.03. The smallest absolute Gasteiger partial charge is 0.215 e. The summed E-state index contributed by atoms with van der Waals surface area (Å²) in [6, 6.07) is 16.7. The monoisotopic (exact) mass is 466 g/mol. The van der Waals surface area contributed by atoms with Crippen LogP contribution in [0.25, 0.3) is 16.8 Å². The first-order valence-electron chi connectivity index (χ1n) is 7.44. The van der Waals surface area contributed by atoms with Crippen LogP contribution in [0.5, 0.6) is 0 Å². The van der Waals surface area contributed by atoms with E-state index in [1.807, 2.05) is 12.1 Å². The summed E-state index contributed by atoms with van der Waals surface area (Å²) in [5.41, 5.74) is 2.41. The zero-order valence-corrected chi connectivity index (χ0v) is 17.1. The van der Waals surface area contributed by atoms with Crippen LogP contribution in [0, 0.1) is 0 Å². The lowest BCUT2D eigenvalue weighted by Crippen LogP contribution is -3.00. The summed E-state index contributed by atoms with van der Waals surface area (Å²) in [6.07, 6.45) is 4.36. The Labute approximate surface area is 168 Å². The number of halogens is 2. The number of anilines is 1. The van der Waals surface area contributed by atoms with Crippen molar-refractivity contribution in [1.29, 1.82) is 0 Å². The molecular weight excluding hydrogens is 451 g/mol. The third-order valence-corrected chi connectivity index (χ3v) is 5.57. The van der Waals surface area contributed by atoms with Crippen LogP contribution in [0.4, 0.5) is 5.69 Å². The first kappa shape index (κ1) is 17.6. The van der Waals surface area contributed by atoms with Crippen LogP contribution in [-0.2, 0) is 7.05 Å². The Bertz CT molecular complexity index is 955. The molecule has 122 valence electrons. The van der Waals surface area contributed by atoms with Crippen LogP contribution >= 0.6 is 23.4 Å². The molecule has 0 atom stereocenters. The Morgan fingerprint density at radius 2 is 1.92 bits per heavy atom. The van der Waals surface area contributed by atoms with Gasteiger partial charge < -0.3 is 28.9 Å². The van der Waals surface area contributed by atoms with Crippen molar-refractivity contribution in [3.63, 3.8) is 0 Å². The van der Waals surface area contributed by atoms with E-state index in [2.05, 4.69) is 72.2 Å². The number of hydrogen-bond donors (Lipinski definition) is 0. The van der Waals surface area contributed by atoms with Gasteiger partial charge in [0.2, 0.25) is 5.69 Å². The molecular formula is C19H16ClIN2S. The van der Waals surface area contributed by atoms with Gasteiger partial charge in [0.25, 0.3) is 0 Å². The van der Waals surface area contributed by atoms with Crippen molar-refractivity contribution in [3.8, 4) is 0 Å². The maximum atomic E-state index is 6.13. The molecule has 0 saturated carbocycles. The molecule has 5 heteroatoms. The first-order chi connectivity index (χ1) is 11.1. The highest BCUT2D eigenvalue weighted by atomic mass is 127. The predicted molar refractivity (Wildman–Crippen MR) is 98.8 cm³/mol. The molecule has 2 aromatic carbocycles. The third-order valence-electron chi connectivity index (χ3n) is 4.18. The van der Waals surface area contributed by atoms with E-state index in [1.165, 1.54) is 32.1 Å². The van der Waals surface area contributed by atoms with Gasteiger partial charge in [-0.25, -0.2) is 4.57 Å². The highest BCUT2D eigenvalue weighted by molar-refractivity contribution is 8.03. The fraction of sp³-hybridized carbons (Fsp3) is 0.105. The van der Waals surface area contributed by atoms with Gasteiger partial charge in [0, 0.05) is 29.1 Å². The summed E-state index contributed by atoms with van der Waals surface area (Å²) < 4.78 is 2.17. The Morgan fingerprint density at radius 1 is 1.12 bits per heavy atom. The van der Waals surface area contributed by atoms with Gasteiger partial charge >= 0.3 is 0 Å². The molecule has 0 spiro atoms. The molecule has 0 bridgehead atoms. The van der Waals surface area contributed by atoms with E-state index in [0.29, 0.717) is 0 Å². The number of rotatable bonds is 1. The quantitative estimate of drug-likeness (QED) is 0.399. The summed E-state index contributed by atoms with van der Waals surface area (Å²) in [6.45, 7) is 0. The molecule has 2 nitrogen and oxygen atoms in total. The zero-order valence-electron chi connectivity index (χ0n) is 13.3. The number of benzene rings is 2. The molecule has 0 saturated heterocycles. The predicted octanol–water partition coefficient (Wildman–Crippen LogP) is 1.86. The minimum atomic E-state index is 0. The van der Waals surface area contributed by atoms with Crippen molar-refractivity contribution in [3.05, 3.63) is 70.5 Å². The number of aromatic nitrogens is 1. The second kappa shape index (κ2) is 6.94. The lowest BCUT2D eigenvalue weighted by molar-refractivity contribution is -0.671. The van der Waals surface area contributed by atoms with Crippen molar-refractivity contribution in [1.82, 2.24) is 0 Å². The summed E-state index contributed by atoms with van der Waals surface area (Å²) in [4.78, 5) is 3.42. The van der Waals surface area contributed by atoms with Gasteiger partial charge in [0.05, 0.1) is 16.1 Å². The fourth-order valence-electron chi connectivity index (χ4n) is 2.91.